The number of hydrogen-bond donors (Lipinski definition) is 1. The van der Waals surface area contributed by atoms with Crippen molar-refractivity contribution < 1.29 is 0 Å². The molecule has 4 atom stereocenters. The molecule has 2 rings (SSSR count). The number of hydrogen-bond acceptors (Lipinski definition) is 2. The number of nitrogens with one attached hydrogen (secondary N) is 1. The molecule has 0 aromatic rings. The molecule has 0 amide bonds. The molecule has 0 radical (unpaired) electrons. The molecule has 1 saturated heterocycles. The molecule has 2 aliphatic rings. The minimum atomic E-state index is 0.801. The van der Waals surface area contributed by atoms with Crippen LogP contribution in [0.4, 0.5) is 0 Å². The summed E-state index contributed by atoms with van der Waals surface area (Å²) in [6, 6.07) is 1.63. The van der Waals surface area contributed by atoms with Crippen molar-refractivity contribution in [3.05, 3.63) is 0 Å². The van der Waals surface area contributed by atoms with Gasteiger partial charge in [-0.25, -0.2) is 0 Å². The number of thioether (sulfide) groups is 1. The van der Waals surface area contributed by atoms with E-state index in [4.69, 9.17) is 0 Å². The highest BCUT2D eigenvalue weighted by Crippen LogP contribution is 2.30. The van der Waals surface area contributed by atoms with Gasteiger partial charge in [-0.15, -0.1) is 0 Å². The molecular weight excluding hydrogens is 202 g/mol. The fraction of sp³-hybridized carbons (Fsp3) is 1.00. The van der Waals surface area contributed by atoms with Crippen LogP contribution in [0.5, 0.6) is 0 Å². The molecule has 4 unspecified atom stereocenters. The lowest BCUT2D eigenvalue weighted by molar-refractivity contribution is 0.261. The third-order valence-electron chi connectivity index (χ3n) is 4.19. The second-order valence-corrected chi connectivity index (χ2v) is 6.76. The molecule has 88 valence electrons. The molecule has 1 aliphatic heterocycles. The molecule has 15 heavy (non-hydrogen) atoms. The molecule has 1 heterocycles. The van der Waals surface area contributed by atoms with Gasteiger partial charge in [-0.2, -0.15) is 11.8 Å². The van der Waals surface area contributed by atoms with E-state index in [1.54, 1.807) is 0 Å². The Balaban J connectivity index is 1.78. The highest BCUT2D eigenvalue weighted by molar-refractivity contribution is 8.00. The van der Waals surface area contributed by atoms with Crippen molar-refractivity contribution in [2.24, 2.45) is 5.92 Å². The van der Waals surface area contributed by atoms with E-state index >= 15 is 0 Å². The van der Waals surface area contributed by atoms with Crippen molar-refractivity contribution >= 4 is 11.8 Å². The quantitative estimate of drug-likeness (QED) is 0.792. The summed E-state index contributed by atoms with van der Waals surface area (Å²) in [7, 11) is 0. The molecular formula is C13H25NS. The molecule has 0 aromatic carbocycles. The minimum Gasteiger partial charge on any atom is -0.310 e. The van der Waals surface area contributed by atoms with E-state index in [9.17, 15) is 0 Å². The summed E-state index contributed by atoms with van der Waals surface area (Å²) < 4.78 is 0. The Kier molecular flexibility index (Phi) is 4.39. The first-order valence-electron chi connectivity index (χ1n) is 6.67. The molecule has 0 bridgehead atoms. The van der Waals surface area contributed by atoms with Crippen LogP contribution >= 0.6 is 11.8 Å². The Morgan fingerprint density at radius 3 is 2.80 bits per heavy atom. The smallest absolute Gasteiger partial charge is 0.0194 e. The molecule has 0 spiro atoms. The van der Waals surface area contributed by atoms with Gasteiger partial charge in [0.25, 0.3) is 0 Å². The first-order valence-corrected chi connectivity index (χ1v) is 7.72. The summed E-state index contributed by atoms with van der Waals surface area (Å²) in [5.41, 5.74) is 0. The average molecular weight is 227 g/mol. The van der Waals surface area contributed by atoms with Crippen molar-refractivity contribution in [1.29, 1.82) is 0 Å². The molecule has 1 N–H and O–H groups in total. The Morgan fingerprint density at radius 1 is 1.27 bits per heavy atom. The SMILES string of the molecule is CCC1CCCC(NC2CCSC2C)C1. The van der Waals surface area contributed by atoms with E-state index in [1.807, 2.05) is 0 Å². The number of rotatable bonds is 3. The normalized spacial score (nSPS) is 42.0. The van der Waals surface area contributed by atoms with Crippen LogP contribution in [0.25, 0.3) is 0 Å². The monoisotopic (exact) mass is 227 g/mol. The van der Waals surface area contributed by atoms with Gasteiger partial charge in [0.05, 0.1) is 0 Å². The van der Waals surface area contributed by atoms with E-state index in [0.717, 1.165) is 23.3 Å². The molecule has 1 nitrogen and oxygen atoms in total. The third kappa shape index (κ3) is 3.13. The van der Waals surface area contributed by atoms with Gasteiger partial charge in [0, 0.05) is 17.3 Å². The summed E-state index contributed by atoms with van der Waals surface area (Å²) >= 11 is 2.14. The summed E-state index contributed by atoms with van der Waals surface area (Å²) in [5.74, 6) is 2.36. The molecule has 2 fully saturated rings. The molecule has 2 heteroatoms. The predicted octanol–water partition coefficient (Wildman–Crippen LogP) is 3.44. The van der Waals surface area contributed by atoms with Gasteiger partial charge < -0.3 is 5.32 Å². The Bertz CT molecular complexity index is 195. The van der Waals surface area contributed by atoms with E-state index in [1.165, 1.54) is 44.3 Å². The van der Waals surface area contributed by atoms with E-state index in [0.29, 0.717) is 0 Å². The van der Waals surface area contributed by atoms with Gasteiger partial charge in [0.2, 0.25) is 0 Å². The second kappa shape index (κ2) is 5.58. The maximum absolute atomic E-state index is 3.91. The fourth-order valence-corrected chi connectivity index (χ4v) is 4.28. The van der Waals surface area contributed by atoms with E-state index < -0.39 is 0 Å². The summed E-state index contributed by atoms with van der Waals surface area (Å²) in [6.07, 6.45) is 8.55. The van der Waals surface area contributed by atoms with Gasteiger partial charge in [-0.1, -0.05) is 33.1 Å². The largest absolute Gasteiger partial charge is 0.310 e. The van der Waals surface area contributed by atoms with Gasteiger partial charge in [0.1, 0.15) is 0 Å². The lowest BCUT2D eigenvalue weighted by Crippen LogP contribution is -2.43. The lowest BCUT2D eigenvalue weighted by Gasteiger charge is -2.32. The molecule has 1 aliphatic carbocycles. The van der Waals surface area contributed by atoms with Crippen LogP contribution < -0.4 is 5.32 Å². The third-order valence-corrected chi connectivity index (χ3v) is 5.51. The van der Waals surface area contributed by atoms with Crippen LogP contribution in [0.15, 0.2) is 0 Å². The zero-order valence-electron chi connectivity index (χ0n) is 10.2. The van der Waals surface area contributed by atoms with Crippen molar-refractivity contribution in [3.8, 4) is 0 Å². The van der Waals surface area contributed by atoms with Crippen molar-refractivity contribution in [3.63, 3.8) is 0 Å². The molecule has 1 saturated carbocycles. The maximum Gasteiger partial charge on any atom is 0.0194 e. The highest BCUT2D eigenvalue weighted by atomic mass is 32.2. The zero-order chi connectivity index (χ0) is 10.7. The van der Waals surface area contributed by atoms with E-state index in [-0.39, 0.29) is 0 Å². The van der Waals surface area contributed by atoms with Crippen molar-refractivity contribution in [2.75, 3.05) is 5.75 Å². The predicted molar refractivity (Wildman–Crippen MR) is 69.5 cm³/mol. The maximum atomic E-state index is 3.91. The summed E-state index contributed by atoms with van der Waals surface area (Å²) in [5, 5.41) is 4.75. The molecule has 0 aromatic heterocycles. The Morgan fingerprint density at radius 2 is 2.13 bits per heavy atom. The lowest BCUT2D eigenvalue weighted by atomic mass is 9.84. The topological polar surface area (TPSA) is 12.0 Å². The average Bonchev–Trinajstić information content (AvgIpc) is 2.65. The van der Waals surface area contributed by atoms with Gasteiger partial charge in [0.15, 0.2) is 0 Å². The first-order chi connectivity index (χ1) is 7.29. The minimum absolute atomic E-state index is 0.801. The Hall–Kier alpha value is 0.310. The van der Waals surface area contributed by atoms with Gasteiger partial charge in [-0.05, 0) is 30.9 Å². The van der Waals surface area contributed by atoms with E-state index in [2.05, 4.69) is 30.9 Å². The standard InChI is InChI=1S/C13H25NS/c1-3-11-5-4-6-12(9-11)14-13-7-8-15-10(13)2/h10-14H,3-9H2,1-2H3. The van der Waals surface area contributed by atoms with Crippen LogP contribution in [0.2, 0.25) is 0 Å². The zero-order valence-corrected chi connectivity index (χ0v) is 11.0. The van der Waals surface area contributed by atoms with Crippen LogP contribution in [0.1, 0.15) is 52.4 Å². The summed E-state index contributed by atoms with van der Waals surface area (Å²) in [4.78, 5) is 0. The Labute approximate surface area is 98.8 Å². The first kappa shape index (κ1) is 11.8. The van der Waals surface area contributed by atoms with Crippen LogP contribution in [0, 0.1) is 5.92 Å². The second-order valence-electron chi connectivity index (χ2n) is 5.28. The fourth-order valence-electron chi connectivity index (χ4n) is 3.07. The van der Waals surface area contributed by atoms with Gasteiger partial charge >= 0.3 is 0 Å². The summed E-state index contributed by atoms with van der Waals surface area (Å²) in [6.45, 7) is 4.73. The van der Waals surface area contributed by atoms with Gasteiger partial charge in [-0.3, -0.25) is 0 Å². The van der Waals surface area contributed by atoms with Crippen LogP contribution in [0.3, 0.4) is 0 Å². The van der Waals surface area contributed by atoms with Crippen molar-refractivity contribution in [2.45, 2.75) is 69.7 Å². The highest BCUT2D eigenvalue weighted by Gasteiger charge is 2.28. The van der Waals surface area contributed by atoms with Crippen LogP contribution in [-0.4, -0.2) is 23.1 Å². The van der Waals surface area contributed by atoms with Crippen LogP contribution in [-0.2, 0) is 0 Å². The van der Waals surface area contributed by atoms with Crippen molar-refractivity contribution in [1.82, 2.24) is 5.32 Å².